The highest BCUT2D eigenvalue weighted by molar-refractivity contribution is 5.73. The maximum absolute atomic E-state index is 11.3. The number of aliphatic hydroxyl groups excluding tert-OH is 1. The normalized spacial score (nSPS) is 9.76. The maximum Gasteiger partial charge on any atom is 0.310 e. The van der Waals surface area contributed by atoms with Crippen LogP contribution in [-0.2, 0) is 22.6 Å². The summed E-state index contributed by atoms with van der Waals surface area (Å²) in [7, 11) is 0. The molecule has 4 nitrogen and oxygen atoms in total. The van der Waals surface area contributed by atoms with Crippen molar-refractivity contribution < 1.29 is 14.6 Å². The van der Waals surface area contributed by atoms with E-state index in [2.05, 4.69) is 0 Å². The second kappa shape index (κ2) is 6.02. The smallest absolute Gasteiger partial charge is 0.310 e. The number of esters is 1. The first-order valence-corrected chi connectivity index (χ1v) is 5.41. The van der Waals surface area contributed by atoms with E-state index >= 15 is 0 Å². The molecule has 0 aliphatic rings. The van der Waals surface area contributed by atoms with Gasteiger partial charge >= 0.3 is 5.97 Å². The number of nitriles is 1. The largest absolute Gasteiger partial charge is 0.466 e. The van der Waals surface area contributed by atoms with Crippen molar-refractivity contribution in [2.24, 2.45) is 0 Å². The van der Waals surface area contributed by atoms with Crippen LogP contribution in [0.5, 0.6) is 0 Å². The van der Waals surface area contributed by atoms with Gasteiger partial charge in [-0.25, -0.2) is 0 Å². The van der Waals surface area contributed by atoms with Crippen molar-refractivity contribution in [3.8, 4) is 6.07 Å². The lowest BCUT2D eigenvalue weighted by Gasteiger charge is -2.08. The number of aliphatic hydroxyl groups is 1. The Balaban J connectivity index is 3.00. The van der Waals surface area contributed by atoms with E-state index in [1.165, 1.54) is 0 Å². The topological polar surface area (TPSA) is 70.3 Å². The Kier molecular flexibility index (Phi) is 4.68. The van der Waals surface area contributed by atoms with Crippen molar-refractivity contribution in [2.75, 3.05) is 6.61 Å². The second-order valence-corrected chi connectivity index (χ2v) is 3.69. The van der Waals surface area contributed by atoms with E-state index in [1.54, 1.807) is 26.0 Å². The van der Waals surface area contributed by atoms with Crippen molar-refractivity contribution in [3.63, 3.8) is 0 Å². The Morgan fingerprint density at radius 2 is 2.24 bits per heavy atom. The lowest BCUT2D eigenvalue weighted by atomic mass is 9.98. The molecular formula is C13H15NO3. The summed E-state index contributed by atoms with van der Waals surface area (Å²) < 4.78 is 4.84. The van der Waals surface area contributed by atoms with Gasteiger partial charge in [0.2, 0.25) is 0 Å². The number of aryl methyl sites for hydroxylation is 1. The van der Waals surface area contributed by atoms with Crippen LogP contribution in [0.2, 0.25) is 0 Å². The highest BCUT2D eigenvalue weighted by Gasteiger charge is 2.10. The van der Waals surface area contributed by atoms with E-state index < -0.39 is 0 Å². The van der Waals surface area contributed by atoms with E-state index in [9.17, 15) is 4.79 Å². The number of rotatable bonds is 4. The SMILES string of the molecule is CCOC(=O)Cc1cc(C)c(CO)c(C#N)c1. The van der Waals surface area contributed by atoms with E-state index in [0.717, 1.165) is 11.1 Å². The lowest BCUT2D eigenvalue weighted by molar-refractivity contribution is -0.142. The maximum atomic E-state index is 11.3. The fourth-order valence-corrected chi connectivity index (χ4v) is 1.68. The van der Waals surface area contributed by atoms with E-state index in [1.807, 2.05) is 6.07 Å². The van der Waals surface area contributed by atoms with Crippen LogP contribution in [0.15, 0.2) is 12.1 Å². The van der Waals surface area contributed by atoms with Gasteiger partial charge in [0.25, 0.3) is 0 Å². The van der Waals surface area contributed by atoms with Crippen molar-refractivity contribution in [2.45, 2.75) is 26.9 Å². The first-order chi connectivity index (χ1) is 8.12. The van der Waals surface area contributed by atoms with Gasteiger partial charge in [-0.1, -0.05) is 6.07 Å². The number of ether oxygens (including phenoxy) is 1. The average molecular weight is 233 g/mol. The minimum atomic E-state index is -0.312. The lowest BCUT2D eigenvalue weighted by Crippen LogP contribution is -2.08. The number of hydrogen-bond donors (Lipinski definition) is 1. The van der Waals surface area contributed by atoms with Gasteiger partial charge in [0.1, 0.15) is 0 Å². The summed E-state index contributed by atoms with van der Waals surface area (Å²) in [6.45, 7) is 3.73. The highest BCUT2D eigenvalue weighted by Crippen LogP contribution is 2.17. The molecule has 1 aromatic rings. The summed E-state index contributed by atoms with van der Waals surface area (Å²) in [5, 5.41) is 18.1. The van der Waals surface area contributed by atoms with Gasteiger partial charge in [-0.15, -0.1) is 0 Å². The number of nitrogens with zero attached hydrogens (tertiary/aromatic N) is 1. The average Bonchev–Trinajstić information content (AvgIpc) is 2.28. The van der Waals surface area contributed by atoms with Crippen LogP contribution < -0.4 is 0 Å². The minimum absolute atomic E-state index is 0.148. The second-order valence-electron chi connectivity index (χ2n) is 3.69. The molecule has 0 saturated heterocycles. The zero-order valence-corrected chi connectivity index (χ0v) is 9.99. The predicted octanol–water partition coefficient (Wildman–Crippen LogP) is 1.46. The molecule has 90 valence electrons. The molecule has 0 saturated carbocycles. The molecule has 17 heavy (non-hydrogen) atoms. The number of hydrogen-bond acceptors (Lipinski definition) is 4. The first kappa shape index (κ1) is 13.2. The molecule has 0 heterocycles. The molecule has 0 atom stereocenters. The highest BCUT2D eigenvalue weighted by atomic mass is 16.5. The van der Waals surface area contributed by atoms with Crippen LogP contribution in [0.25, 0.3) is 0 Å². The Hall–Kier alpha value is -1.86. The molecule has 0 unspecified atom stereocenters. The van der Waals surface area contributed by atoms with Crippen molar-refractivity contribution in [1.82, 2.24) is 0 Å². The summed E-state index contributed by atoms with van der Waals surface area (Å²) in [4.78, 5) is 11.3. The Morgan fingerprint density at radius 3 is 2.76 bits per heavy atom. The standard InChI is InChI=1S/C13H15NO3/c1-3-17-13(16)6-10-4-9(2)12(8-15)11(5-10)7-14/h4-5,15H,3,6,8H2,1-2H3. The summed E-state index contributed by atoms with van der Waals surface area (Å²) in [5.74, 6) is -0.312. The van der Waals surface area contributed by atoms with E-state index in [4.69, 9.17) is 15.1 Å². The molecule has 0 bridgehead atoms. The first-order valence-electron chi connectivity index (χ1n) is 5.41. The number of carbonyl (C=O) groups is 1. The Morgan fingerprint density at radius 1 is 1.53 bits per heavy atom. The van der Waals surface area contributed by atoms with Gasteiger partial charge in [0, 0.05) is 0 Å². The quantitative estimate of drug-likeness (QED) is 0.799. The van der Waals surface area contributed by atoms with Crippen molar-refractivity contribution in [3.05, 3.63) is 34.4 Å². The summed E-state index contributed by atoms with van der Waals surface area (Å²) in [5.41, 5.74) is 2.56. The molecule has 1 N–H and O–H groups in total. The molecule has 0 aromatic heterocycles. The third-order valence-electron chi connectivity index (χ3n) is 2.47. The molecule has 0 fully saturated rings. The van der Waals surface area contributed by atoms with Gasteiger partial charge in [-0.3, -0.25) is 4.79 Å². The van der Waals surface area contributed by atoms with Crippen molar-refractivity contribution in [1.29, 1.82) is 5.26 Å². The fourth-order valence-electron chi connectivity index (χ4n) is 1.68. The van der Waals surface area contributed by atoms with Gasteiger partial charge in [-0.05, 0) is 36.6 Å². The molecule has 1 aromatic carbocycles. The number of carbonyl (C=O) groups excluding carboxylic acids is 1. The molecule has 1 rings (SSSR count). The van der Waals surface area contributed by atoms with Crippen LogP contribution >= 0.6 is 0 Å². The molecule has 0 amide bonds. The zero-order valence-electron chi connectivity index (χ0n) is 9.99. The number of benzene rings is 1. The minimum Gasteiger partial charge on any atom is -0.466 e. The monoisotopic (exact) mass is 233 g/mol. The molecule has 0 spiro atoms. The molecule has 4 heteroatoms. The van der Waals surface area contributed by atoms with Gasteiger partial charge in [0.05, 0.1) is 31.3 Å². The Bertz CT molecular complexity index is 460. The molecular weight excluding hydrogens is 218 g/mol. The van der Waals surface area contributed by atoms with Gasteiger partial charge in [-0.2, -0.15) is 5.26 Å². The van der Waals surface area contributed by atoms with Gasteiger partial charge in [0.15, 0.2) is 0 Å². The Labute approximate surface area is 100 Å². The van der Waals surface area contributed by atoms with Crippen LogP contribution in [0.4, 0.5) is 0 Å². The summed E-state index contributed by atoms with van der Waals surface area (Å²) in [6, 6.07) is 5.44. The third kappa shape index (κ3) is 3.30. The fraction of sp³-hybridized carbons (Fsp3) is 0.385. The summed E-state index contributed by atoms with van der Waals surface area (Å²) >= 11 is 0. The van der Waals surface area contributed by atoms with Crippen LogP contribution in [0.1, 0.15) is 29.2 Å². The van der Waals surface area contributed by atoms with Crippen LogP contribution in [0, 0.1) is 18.3 Å². The van der Waals surface area contributed by atoms with Crippen molar-refractivity contribution >= 4 is 5.97 Å². The molecule has 0 aliphatic carbocycles. The predicted molar refractivity (Wildman–Crippen MR) is 62.2 cm³/mol. The van der Waals surface area contributed by atoms with Crippen LogP contribution in [0.3, 0.4) is 0 Å². The third-order valence-corrected chi connectivity index (χ3v) is 2.47. The van der Waals surface area contributed by atoms with Gasteiger partial charge < -0.3 is 9.84 Å². The molecule has 0 radical (unpaired) electrons. The summed E-state index contributed by atoms with van der Waals surface area (Å²) in [6.07, 6.45) is 0.148. The van der Waals surface area contributed by atoms with E-state index in [0.29, 0.717) is 17.7 Å². The van der Waals surface area contributed by atoms with E-state index in [-0.39, 0.29) is 19.0 Å². The molecule has 0 aliphatic heterocycles. The zero-order chi connectivity index (χ0) is 12.8. The van der Waals surface area contributed by atoms with Crippen LogP contribution in [-0.4, -0.2) is 17.7 Å².